The number of hydrogen-bond donors (Lipinski definition) is 2. The van der Waals surface area contributed by atoms with E-state index in [9.17, 15) is 10.2 Å². The van der Waals surface area contributed by atoms with Gasteiger partial charge in [-0.05, 0) is 81.3 Å². The van der Waals surface area contributed by atoms with Crippen molar-refractivity contribution in [2.24, 2.45) is 9.98 Å². The Morgan fingerprint density at radius 1 is 0.778 bits per heavy atom. The van der Waals surface area contributed by atoms with Gasteiger partial charge in [0.1, 0.15) is 11.5 Å². The summed E-state index contributed by atoms with van der Waals surface area (Å²) in [6, 6.07) is 7.98. The number of benzene rings is 2. The first kappa shape index (κ1) is 35.0. The summed E-state index contributed by atoms with van der Waals surface area (Å²) in [5.41, 5.74) is 5.69. The summed E-state index contributed by atoms with van der Waals surface area (Å²) in [6.07, 6.45) is 6.16. The van der Waals surface area contributed by atoms with Crippen molar-refractivity contribution in [2.75, 3.05) is 13.1 Å². The first-order valence-electron chi connectivity index (χ1n) is 11.4. The number of nitrogens with zero attached hydrogens (tertiary/aromatic N) is 2. The van der Waals surface area contributed by atoms with Crippen LogP contribution in [0.25, 0.3) is 0 Å². The van der Waals surface area contributed by atoms with E-state index < -0.39 is 11.9 Å². The number of carbonyl (C=O) groups excluding carboxylic acids is 2. The molecule has 2 N–H and O–H groups in total. The molecule has 2 rings (SSSR count). The molecule has 199 valence electrons. The van der Waals surface area contributed by atoms with Crippen molar-refractivity contribution < 1.29 is 46.8 Å². The molecule has 8 nitrogen and oxygen atoms in total. The van der Waals surface area contributed by atoms with Gasteiger partial charge in [-0.3, -0.25) is 9.98 Å². The maximum absolute atomic E-state index is 10.1. The number of aliphatic carboxylic acids is 2. The van der Waals surface area contributed by atoms with Crippen molar-refractivity contribution in [3.63, 3.8) is 0 Å². The van der Waals surface area contributed by atoms with Crippen LogP contribution < -0.4 is 10.2 Å². The fourth-order valence-corrected chi connectivity index (χ4v) is 2.95. The van der Waals surface area contributed by atoms with E-state index in [2.05, 4.69) is 23.8 Å². The Morgan fingerprint density at radius 3 is 1.36 bits per heavy atom. The van der Waals surface area contributed by atoms with Crippen molar-refractivity contribution in [1.82, 2.24) is 0 Å². The summed E-state index contributed by atoms with van der Waals surface area (Å²) < 4.78 is 0. The molecule has 9 heteroatoms. The molecule has 0 spiro atoms. The number of hydrogen-bond acceptors (Lipinski definition) is 8. The summed E-state index contributed by atoms with van der Waals surface area (Å²) in [4.78, 5) is 26.6. The van der Waals surface area contributed by atoms with E-state index >= 15 is 0 Å². The third kappa shape index (κ3) is 15.0. The van der Waals surface area contributed by atoms with E-state index in [1.54, 1.807) is 12.4 Å². The minimum Gasteiger partial charge on any atom is -0.550 e. The second-order valence-corrected chi connectivity index (χ2v) is 7.82. The zero-order chi connectivity index (χ0) is 27.0. The van der Waals surface area contributed by atoms with E-state index in [0.717, 1.165) is 55.4 Å². The summed E-state index contributed by atoms with van der Waals surface area (Å²) >= 11 is 0. The number of rotatable bonds is 8. The van der Waals surface area contributed by atoms with Gasteiger partial charge in [0.2, 0.25) is 0 Å². The topological polar surface area (TPSA) is 145 Å². The number of phenols is 2. The molecule has 0 aliphatic carbocycles. The van der Waals surface area contributed by atoms with Crippen LogP contribution in [0.1, 0.15) is 67.5 Å². The zero-order valence-corrected chi connectivity index (χ0v) is 22.8. The predicted molar refractivity (Wildman–Crippen MR) is 135 cm³/mol. The van der Waals surface area contributed by atoms with Crippen LogP contribution in [0.2, 0.25) is 0 Å². The molecule has 2 aromatic carbocycles. The molecule has 0 bridgehead atoms. The molecular formula is C27H36CoN2O6. The number of carboxylic acids is 2. The van der Waals surface area contributed by atoms with Crippen LogP contribution in [0, 0.1) is 13.8 Å². The molecule has 0 fully saturated rings. The molecule has 0 unspecified atom stereocenters. The molecule has 0 aromatic heterocycles. The Labute approximate surface area is 224 Å². The Bertz CT molecular complexity index is 946. The quantitative estimate of drug-likeness (QED) is 0.386. The van der Waals surface area contributed by atoms with Gasteiger partial charge in [-0.1, -0.05) is 26.0 Å². The molecule has 0 saturated carbocycles. The van der Waals surface area contributed by atoms with Crippen LogP contribution in [0.4, 0.5) is 0 Å². The molecule has 36 heavy (non-hydrogen) atoms. The van der Waals surface area contributed by atoms with Crippen LogP contribution in [-0.4, -0.2) is 47.7 Å². The van der Waals surface area contributed by atoms with Gasteiger partial charge in [-0.2, -0.15) is 0 Å². The molecular weight excluding hydrogens is 507 g/mol. The summed E-state index contributed by atoms with van der Waals surface area (Å²) in [5.74, 6) is -1.56. The van der Waals surface area contributed by atoms with Gasteiger partial charge in [-0.25, -0.2) is 0 Å². The van der Waals surface area contributed by atoms with Gasteiger partial charge in [-0.15, -0.1) is 0 Å². The van der Waals surface area contributed by atoms with Crippen molar-refractivity contribution >= 4 is 24.4 Å². The Hall–Kier alpha value is -3.17. The molecule has 0 amide bonds. The van der Waals surface area contributed by atoms with Crippen molar-refractivity contribution in [2.45, 2.75) is 60.8 Å². The zero-order valence-electron chi connectivity index (χ0n) is 21.8. The third-order valence-electron chi connectivity index (χ3n) is 4.63. The number of aryl methyl sites for hydroxylation is 4. The average Bonchev–Trinajstić information content (AvgIpc) is 2.77. The second-order valence-electron chi connectivity index (χ2n) is 7.82. The van der Waals surface area contributed by atoms with E-state index in [1.165, 1.54) is 11.1 Å². The molecule has 0 aliphatic heterocycles. The molecule has 0 atom stereocenters. The summed E-state index contributed by atoms with van der Waals surface area (Å²) in [5, 5.41) is 38.1. The van der Waals surface area contributed by atoms with Gasteiger partial charge in [0.05, 0.1) is 0 Å². The predicted octanol–water partition coefficient (Wildman–Crippen LogP) is 2.28. The molecule has 2 aromatic rings. The number of phenolic OH excluding ortho intramolecular Hbond substituents is 2. The van der Waals surface area contributed by atoms with E-state index in [-0.39, 0.29) is 16.8 Å². The number of aliphatic imine (C=N–C) groups is 2. The van der Waals surface area contributed by atoms with Gasteiger partial charge in [0.25, 0.3) is 0 Å². The SMILES string of the molecule is CC(=O)[O-].CC(=O)[O-].CCc1cc(C)c(O)c(C=NCCCN=Cc2cc(CC)cc(C)c2O)c1.[Co+2]. The summed E-state index contributed by atoms with van der Waals surface area (Å²) in [6.45, 7) is 11.2. The van der Waals surface area contributed by atoms with Crippen LogP contribution in [0.15, 0.2) is 34.3 Å². The Kier molecular flexibility index (Phi) is 18.5. The average molecular weight is 544 g/mol. The molecule has 0 aliphatic rings. The van der Waals surface area contributed by atoms with Crippen LogP contribution in [-0.2, 0) is 39.2 Å². The standard InChI is InChI=1S/C23H30N2O2.2C2H4O2.Co/c1-5-18-10-16(3)22(26)20(12-18)14-24-8-7-9-25-15-21-13-19(6-2)11-17(4)23(21)27;2*1-2(3)4;/h10-15,26-27H,5-9H2,1-4H3;2*1H3,(H,3,4);/q;;;+2/p-2. The van der Waals surface area contributed by atoms with E-state index in [1.807, 2.05) is 38.1 Å². The van der Waals surface area contributed by atoms with Gasteiger partial charge >= 0.3 is 16.8 Å². The monoisotopic (exact) mass is 543 g/mol. The fraction of sp³-hybridized carbons (Fsp3) is 0.407. The van der Waals surface area contributed by atoms with Gasteiger partial charge in [0.15, 0.2) is 0 Å². The van der Waals surface area contributed by atoms with Gasteiger partial charge in [0, 0.05) is 48.6 Å². The second kappa shape index (κ2) is 19.1. The first-order valence-corrected chi connectivity index (χ1v) is 11.4. The Balaban J connectivity index is 0. The van der Waals surface area contributed by atoms with Crippen LogP contribution in [0.3, 0.4) is 0 Å². The Morgan fingerprint density at radius 2 is 1.08 bits per heavy atom. The van der Waals surface area contributed by atoms with Crippen molar-refractivity contribution in [1.29, 1.82) is 0 Å². The van der Waals surface area contributed by atoms with E-state index in [4.69, 9.17) is 19.8 Å². The third-order valence-corrected chi connectivity index (χ3v) is 4.63. The maximum Gasteiger partial charge on any atom is 2.00 e. The molecule has 1 radical (unpaired) electrons. The van der Waals surface area contributed by atoms with E-state index in [0.29, 0.717) is 24.6 Å². The van der Waals surface area contributed by atoms with Gasteiger partial charge < -0.3 is 30.0 Å². The smallest absolute Gasteiger partial charge is 0.550 e. The maximum atomic E-state index is 10.1. The largest absolute Gasteiger partial charge is 2.00 e. The number of aromatic hydroxyl groups is 2. The fourth-order valence-electron chi connectivity index (χ4n) is 2.95. The number of carbonyl (C=O) groups is 2. The van der Waals surface area contributed by atoms with Crippen molar-refractivity contribution in [3.8, 4) is 11.5 Å². The first-order chi connectivity index (χ1) is 16.4. The summed E-state index contributed by atoms with van der Waals surface area (Å²) in [7, 11) is 0. The van der Waals surface area contributed by atoms with Crippen LogP contribution in [0.5, 0.6) is 11.5 Å². The molecule has 0 saturated heterocycles. The normalized spacial score (nSPS) is 10.2. The molecule has 0 heterocycles. The number of carboxylic acid groups (broad SMARTS) is 2. The van der Waals surface area contributed by atoms with Crippen LogP contribution >= 0.6 is 0 Å². The minimum absolute atomic E-state index is 0. The van der Waals surface area contributed by atoms with Crippen molar-refractivity contribution in [3.05, 3.63) is 57.6 Å². The minimum atomic E-state index is -1.08.